The van der Waals surface area contributed by atoms with Gasteiger partial charge in [0.25, 0.3) is 11.8 Å². The predicted octanol–water partition coefficient (Wildman–Crippen LogP) is 5.14. The zero-order chi connectivity index (χ0) is 17.3. The van der Waals surface area contributed by atoms with E-state index in [-0.39, 0.29) is 4.32 Å². The van der Waals surface area contributed by atoms with Crippen LogP contribution in [0.2, 0.25) is 5.02 Å². The van der Waals surface area contributed by atoms with Crippen molar-refractivity contribution in [3.05, 3.63) is 74.1 Å². The predicted molar refractivity (Wildman–Crippen MR) is 105 cm³/mol. The van der Waals surface area contributed by atoms with Crippen LogP contribution in [0.3, 0.4) is 0 Å². The molecule has 2 aromatic rings. The molecule has 0 unspecified atom stereocenters. The minimum absolute atomic E-state index is 0.223. The Morgan fingerprint density at radius 3 is 2.58 bits per heavy atom. The van der Waals surface area contributed by atoms with E-state index in [0.717, 1.165) is 26.7 Å². The second-order valence-corrected chi connectivity index (χ2v) is 7.91. The Bertz CT molecular complexity index is 880. The number of thioether (sulfide) groups is 1. The van der Waals surface area contributed by atoms with Gasteiger partial charge in [-0.1, -0.05) is 63.6 Å². The maximum Gasteiger partial charge on any atom is 0.273 e. The lowest BCUT2D eigenvalue weighted by atomic mass is 10.2. The fourth-order valence-corrected chi connectivity index (χ4v) is 3.91. The van der Waals surface area contributed by atoms with E-state index in [0.29, 0.717) is 15.5 Å². The van der Waals surface area contributed by atoms with Crippen LogP contribution in [-0.2, 0) is 4.79 Å². The van der Waals surface area contributed by atoms with Crippen LogP contribution in [0.4, 0.5) is 0 Å². The SMILES string of the molecule is O=C1/C(=C\c2cccc(Br)c2)SC(=S)N1C(=O)c1ccc(Cl)cc1. The van der Waals surface area contributed by atoms with E-state index < -0.39 is 11.8 Å². The van der Waals surface area contributed by atoms with Gasteiger partial charge in [0.15, 0.2) is 4.32 Å². The van der Waals surface area contributed by atoms with Crippen LogP contribution in [0, 0.1) is 0 Å². The topological polar surface area (TPSA) is 37.4 Å². The van der Waals surface area contributed by atoms with Crippen LogP contribution in [-0.4, -0.2) is 21.0 Å². The third-order valence-electron chi connectivity index (χ3n) is 3.23. The fourth-order valence-electron chi connectivity index (χ4n) is 2.11. The Morgan fingerprint density at radius 1 is 1.21 bits per heavy atom. The number of benzene rings is 2. The number of thiocarbonyl (C=S) groups is 1. The van der Waals surface area contributed by atoms with Crippen molar-refractivity contribution in [2.75, 3.05) is 0 Å². The van der Waals surface area contributed by atoms with Crippen LogP contribution >= 0.6 is 51.5 Å². The summed E-state index contributed by atoms with van der Waals surface area (Å²) in [4.78, 5) is 26.6. The third-order valence-corrected chi connectivity index (χ3v) is 5.28. The van der Waals surface area contributed by atoms with Crippen molar-refractivity contribution in [1.82, 2.24) is 4.90 Å². The van der Waals surface area contributed by atoms with E-state index in [4.69, 9.17) is 23.8 Å². The maximum atomic E-state index is 12.6. The maximum absolute atomic E-state index is 12.6. The number of carbonyl (C=O) groups excluding carboxylic acids is 2. The van der Waals surface area contributed by atoms with Gasteiger partial charge in [-0.3, -0.25) is 9.59 Å². The van der Waals surface area contributed by atoms with Gasteiger partial charge < -0.3 is 0 Å². The van der Waals surface area contributed by atoms with Gasteiger partial charge >= 0.3 is 0 Å². The summed E-state index contributed by atoms with van der Waals surface area (Å²) in [6, 6.07) is 13.9. The van der Waals surface area contributed by atoms with E-state index in [1.54, 1.807) is 30.3 Å². The molecular formula is C17H9BrClNO2S2. The lowest BCUT2D eigenvalue weighted by molar-refractivity contribution is -0.120. The first kappa shape index (κ1) is 17.4. The lowest BCUT2D eigenvalue weighted by Crippen LogP contribution is -2.34. The molecule has 0 radical (unpaired) electrons. The van der Waals surface area contributed by atoms with Crippen molar-refractivity contribution in [2.24, 2.45) is 0 Å². The van der Waals surface area contributed by atoms with Crippen molar-refractivity contribution >= 4 is 73.7 Å². The average Bonchev–Trinajstić information content (AvgIpc) is 2.81. The van der Waals surface area contributed by atoms with Gasteiger partial charge in [-0.05, 0) is 48.0 Å². The van der Waals surface area contributed by atoms with Crippen LogP contribution in [0.25, 0.3) is 6.08 Å². The van der Waals surface area contributed by atoms with Gasteiger partial charge in [0.2, 0.25) is 0 Å². The summed E-state index contributed by atoms with van der Waals surface area (Å²) < 4.78 is 1.13. The van der Waals surface area contributed by atoms with Crippen LogP contribution in [0.1, 0.15) is 15.9 Å². The third kappa shape index (κ3) is 3.62. The average molecular weight is 439 g/mol. The van der Waals surface area contributed by atoms with Gasteiger partial charge in [-0.2, -0.15) is 0 Å². The Kier molecular flexibility index (Phi) is 5.20. The number of hydrogen-bond donors (Lipinski definition) is 0. The summed E-state index contributed by atoms with van der Waals surface area (Å²) >= 11 is 15.5. The highest BCUT2D eigenvalue weighted by Gasteiger charge is 2.37. The summed E-state index contributed by atoms with van der Waals surface area (Å²) in [7, 11) is 0. The highest BCUT2D eigenvalue weighted by Crippen LogP contribution is 2.34. The highest BCUT2D eigenvalue weighted by molar-refractivity contribution is 9.10. The number of halogens is 2. The number of rotatable bonds is 2. The first-order valence-electron chi connectivity index (χ1n) is 6.79. The number of imide groups is 1. The molecule has 1 heterocycles. The molecule has 0 saturated carbocycles. The standard InChI is InChI=1S/C17H9BrClNO2S2/c18-12-3-1-2-10(8-12)9-14-16(22)20(17(23)24-14)15(21)11-4-6-13(19)7-5-11/h1-9H/b14-9+. The molecule has 0 bridgehead atoms. The smallest absolute Gasteiger partial charge is 0.268 e. The van der Waals surface area contributed by atoms with Crippen LogP contribution < -0.4 is 0 Å². The summed E-state index contributed by atoms with van der Waals surface area (Å²) in [6.07, 6.45) is 1.72. The normalized spacial score (nSPS) is 16.1. The van der Waals surface area contributed by atoms with E-state index in [1.807, 2.05) is 24.3 Å². The molecule has 2 amide bonds. The first-order valence-corrected chi connectivity index (χ1v) is 9.19. The molecule has 1 aliphatic heterocycles. The van der Waals surface area contributed by atoms with Crippen molar-refractivity contribution in [1.29, 1.82) is 0 Å². The highest BCUT2D eigenvalue weighted by atomic mass is 79.9. The summed E-state index contributed by atoms with van der Waals surface area (Å²) in [5.74, 6) is -0.864. The summed E-state index contributed by atoms with van der Waals surface area (Å²) in [5, 5.41) is 0.520. The molecule has 0 N–H and O–H groups in total. The van der Waals surface area contributed by atoms with E-state index in [9.17, 15) is 9.59 Å². The van der Waals surface area contributed by atoms with Crippen molar-refractivity contribution < 1.29 is 9.59 Å². The molecule has 0 aromatic heterocycles. The van der Waals surface area contributed by atoms with Gasteiger partial charge in [0.1, 0.15) is 0 Å². The second kappa shape index (κ2) is 7.19. The molecule has 3 nitrogen and oxygen atoms in total. The first-order chi connectivity index (χ1) is 11.5. The Hall–Kier alpha value is -1.47. The molecule has 0 spiro atoms. The van der Waals surface area contributed by atoms with E-state index in [1.165, 1.54) is 0 Å². The minimum atomic E-state index is -0.452. The van der Waals surface area contributed by atoms with Gasteiger partial charge in [0, 0.05) is 15.1 Å². The molecule has 120 valence electrons. The van der Waals surface area contributed by atoms with Crippen LogP contribution in [0.5, 0.6) is 0 Å². The molecule has 1 fully saturated rings. The number of hydrogen-bond acceptors (Lipinski definition) is 4. The monoisotopic (exact) mass is 437 g/mol. The Morgan fingerprint density at radius 2 is 1.92 bits per heavy atom. The molecule has 7 heteroatoms. The minimum Gasteiger partial charge on any atom is -0.268 e. The zero-order valence-corrected chi connectivity index (χ0v) is 16.0. The molecular weight excluding hydrogens is 430 g/mol. The van der Waals surface area contributed by atoms with Gasteiger partial charge in [-0.25, -0.2) is 4.90 Å². The number of nitrogens with zero attached hydrogens (tertiary/aromatic N) is 1. The quantitative estimate of drug-likeness (QED) is 0.369. The molecule has 0 aliphatic carbocycles. The number of amides is 2. The van der Waals surface area contributed by atoms with Gasteiger partial charge in [0.05, 0.1) is 4.91 Å². The number of carbonyl (C=O) groups is 2. The molecule has 1 saturated heterocycles. The molecule has 0 atom stereocenters. The van der Waals surface area contributed by atoms with Crippen LogP contribution in [0.15, 0.2) is 57.9 Å². The summed E-state index contributed by atoms with van der Waals surface area (Å²) in [5.41, 5.74) is 1.21. The Balaban J connectivity index is 1.89. The zero-order valence-electron chi connectivity index (χ0n) is 12.0. The molecule has 1 aliphatic rings. The summed E-state index contributed by atoms with van der Waals surface area (Å²) in [6.45, 7) is 0. The van der Waals surface area contributed by atoms with Crippen molar-refractivity contribution in [3.8, 4) is 0 Å². The van der Waals surface area contributed by atoms with Crippen molar-refractivity contribution in [2.45, 2.75) is 0 Å². The lowest BCUT2D eigenvalue weighted by Gasteiger charge is -2.12. The van der Waals surface area contributed by atoms with Crippen molar-refractivity contribution in [3.63, 3.8) is 0 Å². The molecule has 2 aromatic carbocycles. The second-order valence-electron chi connectivity index (χ2n) is 4.88. The fraction of sp³-hybridized carbons (Fsp3) is 0. The largest absolute Gasteiger partial charge is 0.273 e. The van der Waals surface area contributed by atoms with E-state index in [2.05, 4.69) is 15.9 Å². The molecule has 24 heavy (non-hydrogen) atoms. The van der Waals surface area contributed by atoms with Gasteiger partial charge in [-0.15, -0.1) is 0 Å². The molecule has 3 rings (SSSR count). The van der Waals surface area contributed by atoms with E-state index >= 15 is 0 Å². The Labute approximate surface area is 161 Å².